The molecule has 7 heteroatoms. The largest absolute Gasteiger partial charge is 0.349 e. The first kappa shape index (κ1) is 17.4. The molecule has 24 heavy (non-hydrogen) atoms. The van der Waals surface area contributed by atoms with E-state index in [1.165, 1.54) is 0 Å². The van der Waals surface area contributed by atoms with E-state index in [2.05, 4.69) is 10.2 Å². The Morgan fingerprint density at radius 1 is 1.21 bits per heavy atom. The van der Waals surface area contributed by atoms with E-state index in [4.69, 9.17) is 0 Å². The van der Waals surface area contributed by atoms with Crippen molar-refractivity contribution in [3.8, 4) is 0 Å². The fraction of sp³-hybridized carbons (Fsp3) is 0.588. The molecule has 1 aromatic rings. The number of amides is 1. The van der Waals surface area contributed by atoms with Crippen LogP contribution in [0.15, 0.2) is 24.3 Å². The Balaban J connectivity index is 1.56. The van der Waals surface area contributed by atoms with Gasteiger partial charge >= 0.3 is 0 Å². The maximum atomic E-state index is 12.1. The zero-order valence-corrected chi connectivity index (χ0v) is 14.9. The van der Waals surface area contributed by atoms with Gasteiger partial charge in [-0.2, -0.15) is 4.31 Å². The van der Waals surface area contributed by atoms with Crippen molar-refractivity contribution in [2.75, 3.05) is 31.9 Å². The summed E-state index contributed by atoms with van der Waals surface area (Å²) in [6.45, 7) is 4.94. The fourth-order valence-corrected chi connectivity index (χ4v) is 4.00. The monoisotopic (exact) mass is 351 g/mol. The van der Waals surface area contributed by atoms with Gasteiger partial charge in [-0.3, -0.25) is 9.69 Å². The minimum atomic E-state index is -3.09. The molecule has 0 radical (unpaired) electrons. The molecule has 0 spiro atoms. The van der Waals surface area contributed by atoms with E-state index in [9.17, 15) is 13.2 Å². The fourth-order valence-electron chi connectivity index (χ4n) is 2.91. The highest BCUT2D eigenvalue weighted by Crippen LogP contribution is 2.20. The van der Waals surface area contributed by atoms with Gasteiger partial charge in [0.1, 0.15) is 0 Å². The number of hydrogen-bond acceptors (Lipinski definition) is 4. The summed E-state index contributed by atoms with van der Waals surface area (Å²) in [4.78, 5) is 14.4. The van der Waals surface area contributed by atoms with Crippen molar-refractivity contribution >= 4 is 15.9 Å². The average Bonchev–Trinajstić information content (AvgIpc) is 3.39. The molecule has 0 bridgehead atoms. The molecular weight excluding hydrogens is 326 g/mol. The molecule has 6 nitrogen and oxygen atoms in total. The van der Waals surface area contributed by atoms with Gasteiger partial charge in [-0.05, 0) is 37.5 Å². The number of carbonyl (C=O) groups excluding carboxylic acids is 1. The summed E-state index contributed by atoms with van der Waals surface area (Å²) in [5, 5.41) is 3.00. The molecule has 1 heterocycles. The Bertz CT molecular complexity index is 693. The van der Waals surface area contributed by atoms with E-state index in [0.717, 1.165) is 38.0 Å². The van der Waals surface area contributed by atoms with Crippen molar-refractivity contribution < 1.29 is 13.2 Å². The SMILES string of the molecule is CCS(=O)(=O)N1CCN(Cc2cccc(C(=O)NC3CC3)c2)CC1. The van der Waals surface area contributed by atoms with Crippen LogP contribution in [0.25, 0.3) is 0 Å². The Hall–Kier alpha value is -1.44. The van der Waals surface area contributed by atoms with Gasteiger partial charge in [0.25, 0.3) is 5.91 Å². The van der Waals surface area contributed by atoms with E-state index in [1.807, 2.05) is 24.3 Å². The molecule has 1 saturated carbocycles. The average molecular weight is 351 g/mol. The van der Waals surface area contributed by atoms with Gasteiger partial charge in [0.15, 0.2) is 0 Å². The summed E-state index contributed by atoms with van der Waals surface area (Å²) in [6.07, 6.45) is 2.16. The highest BCUT2D eigenvalue weighted by molar-refractivity contribution is 7.89. The summed E-state index contributed by atoms with van der Waals surface area (Å²) in [7, 11) is -3.09. The molecule has 0 aromatic heterocycles. The Morgan fingerprint density at radius 3 is 2.54 bits per heavy atom. The van der Waals surface area contributed by atoms with Crippen LogP contribution in [0.4, 0.5) is 0 Å². The van der Waals surface area contributed by atoms with Gasteiger partial charge in [0.05, 0.1) is 5.75 Å². The predicted molar refractivity (Wildman–Crippen MR) is 93.2 cm³/mol. The van der Waals surface area contributed by atoms with E-state index in [1.54, 1.807) is 11.2 Å². The van der Waals surface area contributed by atoms with Crippen molar-refractivity contribution in [2.24, 2.45) is 0 Å². The number of hydrogen-bond donors (Lipinski definition) is 1. The molecule has 2 aliphatic rings. The Morgan fingerprint density at radius 2 is 1.92 bits per heavy atom. The van der Waals surface area contributed by atoms with Crippen LogP contribution in [-0.4, -0.2) is 61.5 Å². The number of nitrogens with zero attached hydrogens (tertiary/aromatic N) is 2. The quantitative estimate of drug-likeness (QED) is 0.832. The highest BCUT2D eigenvalue weighted by atomic mass is 32.2. The zero-order valence-electron chi connectivity index (χ0n) is 14.1. The first-order valence-electron chi connectivity index (χ1n) is 8.58. The van der Waals surface area contributed by atoms with E-state index in [0.29, 0.717) is 24.7 Å². The van der Waals surface area contributed by atoms with Gasteiger partial charge in [-0.1, -0.05) is 12.1 Å². The first-order valence-corrected chi connectivity index (χ1v) is 10.2. The van der Waals surface area contributed by atoms with Gasteiger partial charge in [0.2, 0.25) is 10.0 Å². The number of sulfonamides is 1. The smallest absolute Gasteiger partial charge is 0.251 e. The lowest BCUT2D eigenvalue weighted by Gasteiger charge is -2.33. The molecule has 0 unspecified atom stereocenters. The van der Waals surface area contributed by atoms with Gasteiger partial charge in [-0.25, -0.2) is 8.42 Å². The second-order valence-electron chi connectivity index (χ2n) is 6.52. The minimum absolute atomic E-state index is 0.00166. The van der Waals surface area contributed by atoms with Crippen LogP contribution in [0.2, 0.25) is 0 Å². The lowest BCUT2D eigenvalue weighted by Crippen LogP contribution is -2.48. The van der Waals surface area contributed by atoms with Crippen LogP contribution in [0, 0.1) is 0 Å². The van der Waals surface area contributed by atoms with Crippen molar-refractivity contribution in [1.29, 1.82) is 0 Å². The summed E-state index contributed by atoms with van der Waals surface area (Å²) >= 11 is 0. The second-order valence-corrected chi connectivity index (χ2v) is 8.78. The molecule has 1 saturated heterocycles. The second kappa shape index (κ2) is 7.21. The molecule has 0 atom stereocenters. The number of carbonyl (C=O) groups is 1. The maximum Gasteiger partial charge on any atom is 0.251 e. The van der Waals surface area contributed by atoms with Crippen molar-refractivity contribution in [3.63, 3.8) is 0 Å². The van der Waals surface area contributed by atoms with Crippen molar-refractivity contribution in [3.05, 3.63) is 35.4 Å². The zero-order chi connectivity index (χ0) is 17.2. The number of rotatable bonds is 6. The first-order chi connectivity index (χ1) is 11.5. The summed E-state index contributed by atoms with van der Waals surface area (Å²) in [5.74, 6) is 0.156. The molecule has 2 fully saturated rings. The lowest BCUT2D eigenvalue weighted by molar-refractivity contribution is 0.0950. The van der Waals surface area contributed by atoms with Crippen LogP contribution in [-0.2, 0) is 16.6 Å². The molecule has 1 aliphatic heterocycles. The van der Waals surface area contributed by atoms with Gasteiger partial charge < -0.3 is 5.32 Å². The predicted octanol–water partition coefficient (Wildman–Crippen LogP) is 1.05. The Kier molecular flexibility index (Phi) is 5.22. The third kappa shape index (κ3) is 4.34. The van der Waals surface area contributed by atoms with Crippen molar-refractivity contribution in [2.45, 2.75) is 32.4 Å². The van der Waals surface area contributed by atoms with Gasteiger partial charge in [0, 0.05) is 44.3 Å². The molecule has 1 N–H and O–H groups in total. The van der Waals surface area contributed by atoms with E-state index < -0.39 is 10.0 Å². The van der Waals surface area contributed by atoms with Crippen molar-refractivity contribution in [1.82, 2.24) is 14.5 Å². The highest BCUT2D eigenvalue weighted by Gasteiger charge is 2.26. The van der Waals surface area contributed by atoms with Crippen LogP contribution in [0.3, 0.4) is 0 Å². The minimum Gasteiger partial charge on any atom is -0.349 e. The summed E-state index contributed by atoms with van der Waals surface area (Å²) in [5.41, 5.74) is 1.79. The number of nitrogens with one attached hydrogen (secondary N) is 1. The molecule has 1 aromatic carbocycles. The Labute approximate surface area is 143 Å². The molecule has 1 amide bonds. The lowest BCUT2D eigenvalue weighted by atomic mass is 10.1. The molecular formula is C17H25N3O3S. The van der Waals surface area contributed by atoms with Crippen LogP contribution in [0.1, 0.15) is 35.7 Å². The topological polar surface area (TPSA) is 69.7 Å². The van der Waals surface area contributed by atoms with Crippen LogP contribution >= 0.6 is 0 Å². The van der Waals surface area contributed by atoms with E-state index in [-0.39, 0.29) is 11.7 Å². The van der Waals surface area contributed by atoms with E-state index >= 15 is 0 Å². The molecule has 132 valence electrons. The molecule has 1 aliphatic carbocycles. The normalized spacial score (nSPS) is 20.0. The molecule has 3 rings (SSSR count). The maximum absolute atomic E-state index is 12.1. The summed E-state index contributed by atoms with van der Waals surface area (Å²) < 4.78 is 25.4. The number of benzene rings is 1. The van der Waals surface area contributed by atoms with Crippen LogP contribution < -0.4 is 5.32 Å². The van der Waals surface area contributed by atoms with Gasteiger partial charge in [-0.15, -0.1) is 0 Å². The third-order valence-corrected chi connectivity index (χ3v) is 6.48. The third-order valence-electron chi connectivity index (χ3n) is 4.60. The standard InChI is InChI=1S/C17H25N3O3S/c1-2-24(22,23)20-10-8-19(9-11-20)13-14-4-3-5-15(12-14)17(21)18-16-6-7-16/h3-5,12,16H,2,6-11,13H2,1H3,(H,18,21). The number of piperazine rings is 1. The summed E-state index contributed by atoms with van der Waals surface area (Å²) in [6, 6.07) is 8.06. The van der Waals surface area contributed by atoms with Crippen LogP contribution in [0.5, 0.6) is 0 Å².